The summed E-state index contributed by atoms with van der Waals surface area (Å²) in [5.74, 6) is -1.17. The maximum atomic E-state index is 11.6. The number of H-pyrrole nitrogens is 1. The number of carboxylic acids is 1. The van der Waals surface area contributed by atoms with Crippen molar-refractivity contribution in [1.29, 1.82) is 0 Å². The topological polar surface area (TPSA) is 101 Å². The van der Waals surface area contributed by atoms with Crippen molar-refractivity contribution in [2.45, 2.75) is 32.4 Å². The van der Waals surface area contributed by atoms with E-state index in [4.69, 9.17) is 9.84 Å². The lowest BCUT2D eigenvalue weighted by molar-refractivity contribution is -0.131. The molecule has 1 aromatic rings. The number of nitrogens with zero attached hydrogens (tertiary/aromatic N) is 1. The van der Waals surface area contributed by atoms with Gasteiger partial charge in [-0.1, -0.05) is 19.6 Å². The molecule has 0 atom stereocenters. The molecule has 8 heteroatoms. The number of hydrogen-bond acceptors (Lipinski definition) is 4. The van der Waals surface area contributed by atoms with Gasteiger partial charge in [0.2, 0.25) is 0 Å². The number of rotatable bonds is 7. The Kier molecular flexibility index (Phi) is 5.86. The highest BCUT2D eigenvalue weighted by atomic mass is 28.3. The molecule has 116 valence electrons. The molecule has 0 saturated carbocycles. The third-order valence-electron chi connectivity index (χ3n) is 2.67. The van der Waals surface area contributed by atoms with Crippen LogP contribution in [0.5, 0.6) is 0 Å². The third-order valence-corrected chi connectivity index (χ3v) is 4.37. The van der Waals surface area contributed by atoms with Crippen molar-refractivity contribution in [3.8, 4) is 0 Å². The first kappa shape index (κ1) is 17.1. The van der Waals surface area contributed by atoms with Crippen LogP contribution in [-0.4, -0.2) is 35.3 Å². The molecule has 0 unspecified atom stereocenters. The van der Waals surface area contributed by atoms with Gasteiger partial charge in [0.25, 0.3) is 5.56 Å². The monoisotopic (exact) mass is 312 g/mol. The van der Waals surface area contributed by atoms with Gasteiger partial charge in [-0.3, -0.25) is 14.3 Å². The lowest BCUT2D eigenvalue weighted by Crippen LogP contribution is -2.32. The molecule has 0 amide bonds. The Balaban J connectivity index is 2.79. The summed E-state index contributed by atoms with van der Waals surface area (Å²) in [4.78, 5) is 35.7. The Bertz CT molecular complexity index is 639. The molecule has 0 saturated heterocycles. The Morgan fingerprint density at radius 3 is 2.67 bits per heavy atom. The van der Waals surface area contributed by atoms with Gasteiger partial charge >= 0.3 is 11.7 Å². The second kappa shape index (κ2) is 7.18. The lowest BCUT2D eigenvalue weighted by Gasteiger charge is -2.15. The molecule has 0 aliphatic rings. The number of aliphatic carboxylic acids is 1. The quantitative estimate of drug-likeness (QED) is 0.443. The maximum absolute atomic E-state index is 11.6. The van der Waals surface area contributed by atoms with Crippen LogP contribution in [0.4, 0.5) is 0 Å². The summed E-state index contributed by atoms with van der Waals surface area (Å²) in [6, 6.07) is 0.969. The highest BCUT2D eigenvalue weighted by Crippen LogP contribution is 2.07. The second-order valence-electron chi connectivity index (χ2n) is 5.83. The SMILES string of the molecule is C[Si](C)(C)CCOCn1cc(/C=C/C(=O)O)c(=O)[nH]c1=O. The van der Waals surface area contributed by atoms with Gasteiger partial charge in [-0.2, -0.15) is 0 Å². The molecule has 0 fully saturated rings. The van der Waals surface area contributed by atoms with E-state index in [0.717, 1.165) is 18.2 Å². The standard InChI is InChI=1S/C13H20N2O5Si/c1-21(2,3)7-6-20-9-15-8-10(4-5-11(16)17)12(18)14-13(15)19/h4-5,8H,6-7,9H2,1-3H3,(H,16,17)(H,14,18,19)/b5-4+. The van der Waals surface area contributed by atoms with Crippen molar-refractivity contribution >= 4 is 20.1 Å². The smallest absolute Gasteiger partial charge is 0.330 e. The molecular weight excluding hydrogens is 292 g/mol. The normalized spacial score (nSPS) is 12.0. The van der Waals surface area contributed by atoms with Crippen LogP contribution >= 0.6 is 0 Å². The fraction of sp³-hybridized carbons (Fsp3) is 0.462. The first-order valence-electron chi connectivity index (χ1n) is 6.51. The third kappa shape index (κ3) is 6.37. The van der Waals surface area contributed by atoms with Crippen molar-refractivity contribution in [3.63, 3.8) is 0 Å². The first-order valence-corrected chi connectivity index (χ1v) is 10.2. The molecule has 0 aliphatic heterocycles. The highest BCUT2D eigenvalue weighted by Gasteiger charge is 2.12. The predicted molar refractivity (Wildman–Crippen MR) is 82.1 cm³/mol. The molecular formula is C13H20N2O5Si. The molecule has 2 N–H and O–H groups in total. The van der Waals surface area contributed by atoms with Crippen LogP contribution in [0, 0.1) is 0 Å². The summed E-state index contributed by atoms with van der Waals surface area (Å²) >= 11 is 0. The maximum Gasteiger partial charge on any atom is 0.330 e. The van der Waals surface area contributed by atoms with Gasteiger partial charge in [-0.25, -0.2) is 9.59 Å². The highest BCUT2D eigenvalue weighted by molar-refractivity contribution is 6.76. The van der Waals surface area contributed by atoms with Crippen LogP contribution in [0.2, 0.25) is 25.7 Å². The van der Waals surface area contributed by atoms with Crippen molar-refractivity contribution in [3.05, 3.63) is 38.7 Å². The molecule has 0 bridgehead atoms. The number of hydrogen-bond donors (Lipinski definition) is 2. The van der Waals surface area contributed by atoms with Crippen molar-refractivity contribution in [2.24, 2.45) is 0 Å². The molecule has 0 radical (unpaired) electrons. The molecule has 1 heterocycles. The van der Waals surface area contributed by atoms with Gasteiger partial charge in [0, 0.05) is 27.0 Å². The van der Waals surface area contributed by atoms with E-state index in [1.807, 2.05) is 0 Å². The minimum atomic E-state index is -1.20. The van der Waals surface area contributed by atoms with Crippen LogP contribution in [0.3, 0.4) is 0 Å². The molecule has 21 heavy (non-hydrogen) atoms. The number of ether oxygens (including phenoxy) is 1. The van der Waals surface area contributed by atoms with E-state index in [1.165, 1.54) is 10.8 Å². The van der Waals surface area contributed by atoms with Crippen LogP contribution in [0.1, 0.15) is 5.56 Å². The van der Waals surface area contributed by atoms with Gasteiger partial charge in [0.15, 0.2) is 0 Å². The number of aromatic nitrogens is 2. The average Bonchev–Trinajstić information content (AvgIpc) is 2.34. The zero-order valence-electron chi connectivity index (χ0n) is 12.4. The van der Waals surface area contributed by atoms with Gasteiger partial charge < -0.3 is 9.84 Å². The van der Waals surface area contributed by atoms with Crippen LogP contribution < -0.4 is 11.2 Å². The van der Waals surface area contributed by atoms with Gasteiger partial charge in [-0.05, 0) is 12.1 Å². The van der Waals surface area contributed by atoms with Gasteiger partial charge in [0.1, 0.15) is 6.73 Å². The number of carboxylic acid groups (broad SMARTS) is 1. The summed E-state index contributed by atoms with van der Waals surface area (Å²) in [5.41, 5.74) is -1.12. The van der Waals surface area contributed by atoms with E-state index in [9.17, 15) is 14.4 Å². The molecule has 1 aromatic heterocycles. The van der Waals surface area contributed by atoms with Crippen molar-refractivity contribution < 1.29 is 14.6 Å². The Labute approximate surface area is 122 Å². The zero-order chi connectivity index (χ0) is 16.0. The number of nitrogens with one attached hydrogen (secondary N) is 1. The Morgan fingerprint density at radius 1 is 1.43 bits per heavy atom. The summed E-state index contributed by atoms with van der Waals surface area (Å²) in [7, 11) is -1.20. The number of carbonyl (C=O) groups is 1. The Hall–Kier alpha value is -1.93. The minimum Gasteiger partial charge on any atom is -0.478 e. The summed E-state index contributed by atoms with van der Waals surface area (Å²) in [6.45, 7) is 7.22. The molecule has 7 nitrogen and oxygen atoms in total. The summed E-state index contributed by atoms with van der Waals surface area (Å²) in [6.07, 6.45) is 3.26. The largest absolute Gasteiger partial charge is 0.478 e. The lowest BCUT2D eigenvalue weighted by atomic mass is 10.3. The predicted octanol–water partition coefficient (Wildman–Crippen LogP) is 0.947. The second-order valence-corrected chi connectivity index (χ2v) is 11.5. The van der Waals surface area contributed by atoms with E-state index < -0.39 is 25.3 Å². The van der Waals surface area contributed by atoms with E-state index >= 15 is 0 Å². The molecule has 0 aromatic carbocycles. The van der Waals surface area contributed by atoms with E-state index in [0.29, 0.717) is 6.61 Å². The van der Waals surface area contributed by atoms with Gasteiger partial charge in [-0.15, -0.1) is 0 Å². The van der Waals surface area contributed by atoms with Gasteiger partial charge in [0.05, 0.1) is 5.56 Å². The molecule has 0 aliphatic carbocycles. The van der Waals surface area contributed by atoms with Crippen LogP contribution in [0.15, 0.2) is 21.9 Å². The number of aromatic amines is 1. The molecule has 1 rings (SSSR count). The summed E-state index contributed by atoms with van der Waals surface area (Å²) < 4.78 is 6.63. The fourth-order valence-electron chi connectivity index (χ4n) is 1.44. The van der Waals surface area contributed by atoms with Crippen molar-refractivity contribution in [2.75, 3.05) is 6.61 Å². The fourth-order valence-corrected chi connectivity index (χ4v) is 2.20. The molecule has 0 spiro atoms. The van der Waals surface area contributed by atoms with E-state index in [-0.39, 0.29) is 12.3 Å². The first-order chi connectivity index (χ1) is 9.69. The van der Waals surface area contributed by atoms with E-state index in [1.54, 1.807) is 0 Å². The zero-order valence-corrected chi connectivity index (χ0v) is 13.4. The van der Waals surface area contributed by atoms with Crippen LogP contribution in [0.25, 0.3) is 6.08 Å². The average molecular weight is 312 g/mol. The van der Waals surface area contributed by atoms with E-state index in [2.05, 4.69) is 24.6 Å². The minimum absolute atomic E-state index is 0.0218. The summed E-state index contributed by atoms with van der Waals surface area (Å²) in [5, 5.41) is 8.55. The Morgan fingerprint density at radius 2 is 2.10 bits per heavy atom. The van der Waals surface area contributed by atoms with Crippen molar-refractivity contribution in [1.82, 2.24) is 9.55 Å². The van der Waals surface area contributed by atoms with Crippen LogP contribution in [-0.2, 0) is 16.3 Å².